The highest BCUT2D eigenvalue weighted by atomic mass is 16.2. The molecule has 4 N–H and O–H groups in total. The van der Waals surface area contributed by atoms with Gasteiger partial charge in [-0.15, -0.1) is 0 Å². The summed E-state index contributed by atoms with van der Waals surface area (Å²) in [5.74, 6) is -0.00863. The molecule has 0 unspecified atom stereocenters. The number of benzene rings is 2. The van der Waals surface area contributed by atoms with Gasteiger partial charge >= 0.3 is 0 Å². The Morgan fingerprint density at radius 2 is 1.88 bits per heavy atom. The fraction of sp³-hybridized carbons (Fsp3) is 0.211. The molecule has 0 aliphatic carbocycles. The van der Waals surface area contributed by atoms with Crippen molar-refractivity contribution >= 4 is 22.8 Å². The minimum atomic E-state index is -0.515. The number of imidazole rings is 1. The van der Waals surface area contributed by atoms with Crippen molar-refractivity contribution in [1.29, 1.82) is 0 Å². The fourth-order valence-electron chi connectivity index (χ4n) is 2.64. The summed E-state index contributed by atoms with van der Waals surface area (Å²) in [5.41, 5.74) is 8.46. The van der Waals surface area contributed by atoms with Crippen molar-refractivity contribution in [1.82, 2.24) is 20.2 Å². The van der Waals surface area contributed by atoms with Crippen molar-refractivity contribution in [3.8, 4) is 11.4 Å². The molecule has 2 amide bonds. The monoisotopic (exact) mass is 351 g/mol. The highest BCUT2D eigenvalue weighted by Crippen LogP contribution is 2.23. The Balaban J connectivity index is 1.80. The summed E-state index contributed by atoms with van der Waals surface area (Å²) < 4.78 is 0. The predicted octanol–water partition coefficient (Wildman–Crippen LogP) is 1.62. The molecular weight excluding hydrogens is 330 g/mol. The first-order chi connectivity index (χ1) is 12.5. The van der Waals surface area contributed by atoms with Crippen LogP contribution in [-0.4, -0.2) is 53.9 Å². The van der Waals surface area contributed by atoms with Crippen molar-refractivity contribution in [2.24, 2.45) is 5.73 Å². The van der Waals surface area contributed by atoms with Crippen molar-refractivity contribution in [2.75, 3.05) is 27.2 Å². The number of aromatic amines is 1. The van der Waals surface area contributed by atoms with Gasteiger partial charge < -0.3 is 20.9 Å². The first-order valence-electron chi connectivity index (χ1n) is 8.27. The average Bonchev–Trinajstić information content (AvgIpc) is 3.05. The predicted molar refractivity (Wildman–Crippen MR) is 101 cm³/mol. The van der Waals surface area contributed by atoms with Gasteiger partial charge in [0.05, 0.1) is 11.1 Å². The molecule has 0 bridgehead atoms. The number of carbonyl (C=O) groups is 2. The zero-order chi connectivity index (χ0) is 18.7. The number of amides is 2. The van der Waals surface area contributed by atoms with E-state index in [-0.39, 0.29) is 5.91 Å². The van der Waals surface area contributed by atoms with Crippen molar-refractivity contribution in [3.05, 3.63) is 53.6 Å². The number of nitrogens with zero attached hydrogens (tertiary/aromatic N) is 2. The van der Waals surface area contributed by atoms with Gasteiger partial charge in [0.2, 0.25) is 0 Å². The van der Waals surface area contributed by atoms with E-state index in [1.165, 1.54) is 0 Å². The zero-order valence-electron chi connectivity index (χ0n) is 14.7. The van der Waals surface area contributed by atoms with Crippen molar-refractivity contribution in [2.45, 2.75) is 0 Å². The topological polar surface area (TPSA) is 104 Å². The van der Waals surface area contributed by atoms with Crippen molar-refractivity contribution in [3.63, 3.8) is 0 Å². The van der Waals surface area contributed by atoms with Crippen LogP contribution in [-0.2, 0) is 0 Å². The Bertz CT molecular complexity index is 944. The molecule has 0 fully saturated rings. The van der Waals surface area contributed by atoms with Gasteiger partial charge in [-0.2, -0.15) is 0 Å². The first-order valence-corrected chi connectivity index (χ1v) is 8.27. The van der Waals surface area contributed by atoms with Crippen LogP contribution in [0.1, 0.15) is 20.7 Å². The van der Waals surface area contributed by atoms with Gasteiger partial charge in [-0.25, -0.2) is 4.98 Å². The molecule has 1 heterocycles. The molecule has 134 valence electrons. The van der Waals surface area contributed by atoms with Crippen molar-refractivity contribution < 1.29 is 9.59 Å². The summed E-state index contributed by atoms with van der Waals surface area (Å²) in [6.07, 6.45) is 0. The number of nitrogens with one attached hydrogen (secondary N) is 2. The lowest BCUT2D eigenvalue weighted by molar-refractivity contribution is 0.0949. The molecule has 2 aromatic carbocycles. The zero-order valence-corrected chi connectivity index (χ0v) is 14.7. The summed E-state index contributed by atoms with van der Waals surface area (Å²) in [5, 5.41) is 2.88. The summed E-state index contributed by atoms with van der Waals surface area (Å²) >= 11 is 0. The molecular formula is C19H21N5O2. The molecule has 0 spiro atoms. The summed E-state index contributed by atoms with van der Waals surface area (Å²) in [6.45, 7) is 1.37. The van der Waals surface area contributed by atoms with Crippen LogP contribution in [0.4, 0.5) is 0 Å². The Hall–Kier alpha value is -3.19. The van der Waals surface area contributed by atoms with Gasteiger partial charge in [-0.05, 0) is 38.4 Å². The molecule has 7 heteroatoms. The molecule has 26 heavy (non-hydrogen) atoms. The third-order valence-electron chi connectivity index (χ3n) is 4.04. The highest BCUT2D eigenvalue weighted by Gasteiger charge is 2.12. The number of fused-ring (bicyclic) bond motifs is 1. The molecule has 1 aromatic heterocycles. The maximum Gasteiger partial charge on any atom is 0.251 e. The normalized spacial score (nSPS) is 11.0. The second-order valence-corrected chi connectivity index (χ2v) is 6.29. The van der Waals surface area contributed by atoms with Crippen LogP contribution in [0.25, 0.3) is 22.4 Å². The molecule has 3 rings (SSSR count). The van der Waals surface area contributed by atoms with Gasteiger partial charge in [-0.1, -0.05) is 18.2 Å². The van der Waals surface area contributed by atoms with Crippen LogP contribution in [0.3, 0.4) is 0 Å². The number of rotatable bonds is 6. The third-order valence-corrected chi connectivity index (χ3v) is 4.04. The lowest BCUT2D eigenvalue weighted by Crippen LogP contribution is -2.31. The average molecular weight is 351 g/mol. The number of aromatic nitrogens is 2. The lowest BCUT2D eigenvalue weighted by atomic mass is 10.1. The standard InChI is InChI=1S/C19H21N5O2/c1-24(2)11-10-21-19(26)13-8-6-12(7-9-13)18-22-15-5-3-4-14(17(20)25)16(15)23-18/h3-9H,10-11H2,1-2H3,(H2,20,25)(H,21,26)(H,22,23). The molecule has 0 atom stereocenters. The number of likely N-dealkylation sites (N-methyl/N-ethyl adjacent to an activating group) is 1. The van der Waals surface area contributed by atoms with Crippen LogP contribution in [0.2, 0.25) is 0 Å². The summed E-state index contributed by atoms with van der Waals surface area (Å²) in [7, 11) is 3.91. The largest absolute Gasteiger partial charge is 0.366 e. The fourth-order valence-corrected chi connectivity index (χ4v) is 2.64. The van der Waals surface area contributed by atoms with Gasteiger partial charge in [0.15, 0.2) is 0 Å². The number of H-pyrrole nitrogens is 1. The first kappa shape index (κ1) is 17.6. The summed E-state index contributed by atoms with van der Waals surface area (Å²) in [4.78, 5) is 33.3. The van der Waals surface area contributed by atoms with Crippen LogP contribution < -0.4 is 11.1 Å². The molecule has 0 radical (unpaired) electrons. The number of hydrogen-bond acceptors (Lipinski definition) is 4. The Morgan fingerprint density at radius 3 is 2.54 bits per heavy atom. The van der Waals surface area contributed by atoms with E-state index in [1.807, 2.05) is 37.2 Å². The molecule has 0 saturated carbocycles. The van der Waals surface area contributed by atoms with E-state index in [9.17, 15) is 9.59 Å². The number of primary amides is 1. The minimum absolute atomic E-state index is 0.112. The van der Waals surface area contributed by atoms with E-state index in [4.69, 9.17) is 5.73 Å². The lowest BCUT2D eigenvalue weighted by Gasteiger charge is -2.10. The minimum Gasteiger partial charge on any atom is -0.366 e. The van der Waals surface area contributed by atoms with Crippen LogP contribution in [0.15, 0.2) is 42.5 Å². The molecule has 0 aliphatic rings. The van der Waals surface area contributed by atoms with E-state index in [0.29, 0.717) is 29.0 Å². The third kappa shape index (κ3) is 3.73. The van der Waals surface area contributed by atoms with Gasteiger partial charge in [0.1, 0.15) is 11.3 Å². The van der Waals surface area contributed by atoms with E-state index in [0.717, 1.165) is 17.6 Å². The van der Waals surface area contributed by atoms with E-state index in [2.05, 4.69) is 15.3 Å². The summed E-state index contributed by atoms with van der Waals surface area (Å²) in [6, 6.07) is 12.4. The van der Waals surface area contributed by atoms with E-state index in [1.54, 1.807) is 24.3 Å². The maximum atomic E-state index is 12.1. The second kappa shape index (κ2) is 7.37. The van der Waals surface area contributed by atoms with Gasteiger partial charge in [-0.3, -0.25) is 9.59 Å². The molecule has 0 saturated heterocycles. The highest BCUT2D eigenvalue weighted by molar-refractivity contribution is 6.04. The number of para-hydroxylation sites is 1. The quantitative estimate of drug-likeness (QED) is 0.628. The number of carbonyl (C=O) groups excluding carboxylic acids is 2. The number of nitrogens with two attached hydrogens (primary N) is 1. The van der Waals surface area contributed by atoms with Crippen LogP contribution in [0.5, 0.6) is 0 Å². The Labute approximate surface area is 151 Å². The Kier molecular flexibility index (Phi) is 4.99. The SMILES string of the molecule is CN(C)CCNC(=O)c1ccc(-c2nc3c(C(N)=O)cccc3[nH]2)cc1. The smallest absolute Gasteiger partial charge is 0.251 e. The van der Waals surface area contributed by atoms with E-state index >= 15 is 0 Å². The van der Waals surface area contributed by atoms with Gasteiger partial charge in [0, 0.05) is 24.2 Å². The van der Waals surface area contributed by atoms with Crippen LogP contribution in [0, 0.1) is 0 Å². The molecule has 7 nitrogen and oxygen atoms in total. The Morgan fingerprint density at radius 1 is 1.15 bits per heavy atom. The number of hydrogen-bond donors (Lipinski definition) is 3. The molecule has 3 aromatic rings. The van der Waals surface area contributed by atoms with Crippen LogP contribution >= 0.6 is 0 Å². The van der Waals surface area contributed by atoms with E-state index < -0.39 is 5.91 Å². The molecule has 0 aliphatic heterocycles. The van der Waals surface area contributed by atoms with Gasteiger partial charge in [0.25, 0.3) is 11.8 Å². The maximum absolute atomic E-state index is 12.1. The second-order valence-electron chi connectivity index (χ2n) is 6.29.